The molecule has 0 heterocycles. The fourth-order valence-electron chi connectivity index (χ4n) is 1.26. The second-order valence-corrected chi connectivity index (χ2v) is 4.49. The number of hydrogen-bond donors (Lipinski definition) is 2. The molecule has 4 nitrogen and oxygen atoms in total. The standard InChI is InChI=1S/C13H19NO3/c1-13(2,17-3)9-14-12(16)11(15)10-7-5-4-6-8-10/h4-8,11,15H,9H2,1-3H3,(H,14,16). The summed E-state index contributed by atoms with van der Waals surface area (Å²) in [6.45, 7) is 4.08. The summed E-state index contributed by atoms with van der Waals surface area (Å²) >= 11 is 0. The molecule has 0 radical (unpaired) electrons. The fraction of sp³-hybridized carbons (Fsp3) is 0.462. The Morgan fingerprint density at radius 1 is 1.41 bits per heavy atom. The van der Waals surface area contributed by atoms with Crippen LogP contribution in [0.2, 0.25) is 0 Å². The van der Waals surface area contributed by atoms with E-state index < -0.39 is 17.6 Å². The molecule has 0 spiro atoms. The zero-order chi connectivity index (χ0) is 12.9. The maximum absolute atomic E-state index is 11.7. The smallest absolute Gasteiger partial charge is 0.253 e. The lowest BCUT2D eigenvalue weighted by molar-refractivity contribution is -0.130. The first kappa shape index (κ1) is 13.7. The predicted octanol–water partition coefficient (Wildman–Crippen LogP) is 1.26. The molecule has 1 rings (SSSR count). The minimum Gasteiger partial charge on any atom is -0.378 e. The number of aliphatic hydroxyl groups excluding tert-OH is 1. The molecule has 4 heteroatoms. The average molecular weight is 237 g/mol. The number of nitrogens with one attached hydrogen (secondary N) is 1. The summed E-state index contributed by atoms with van der Waals surface area (Å²) in [6, 6.07) is 8.83. The normalized spacial score (nSPS) is 13.2. The van der Waals surface area contributed by atoms with E-state index in [1.807, 2.05) is 19.9 Å². The van der Waals surface area contributed by atoms with E-state index in [-0.39, 0.29) is 0 Å². The van der Waals surface area contributed by atoms with Crippen LogP contribution in [0.3, 0.4) is 0 Å². The number of ether oxygens (including phenoxy) is 1. The van der Waals surface area contributed by atoms with Crippen LogP contribution >= 0.6 is 0 Å². The first-order valence-electron chi connectivity index (χ1n) is 5.52. The Morgan fingerprint density at radius 3 is 2.53 bits per heavy atom. The maximum atomic E-state index is 11.7. The van der Waals surface area contributed by atoms with E-state index in [1.165, 1.54) is 0 Å². The Bertz CT molecular complexity index is 362. The van der Waals surface area contributed by atoms with Crippen LogP contribution in [0.5, 0.6) is 0 Å². The van der Waals surface area contributed by atoms with Crippen LogP contribution < -0.4 is 5.32 Å². The van der Waals surface area contributed by atoms with E-state index in [4.69, 9.17) is 4.74 Å². The molecule has 0 saturated heterocycles. The molecule has 0 aromatic heterocycles. The number of carbonyl (C=O) groups excluding carboxylic acids is 1. The molecule has 1 unspecified atom stereocenters. The van der Waals surface area contributed by atoms with Gasteiger partial charge < -0.3 is 15.2 Å². The maximum Gasteiger partial charge on any atom is 0.253 e. The third kappa shape index (κ3) is 4.17. The highest BCUT2D eigenvalue weighted by Crippen LogP contribution is 2.12. The Labute approximate surface area is 102 Å². The van der Waals surface area contributed by atoms with Gasteiger partial charge in [-0.2, -0.15) is 0 Å². The molecule has 1 aromatic rings. The predicted molar refractivity (Wildman–Crippen MR) is 65.5 cm³/mol. The molecular formula is C13H19NO3. The number of amides is 1. The zero-order valence-electron chi connectivity index (χ0n) is 10.4. The van der Waals surface area contributed by atoms with Crippen LogP contribution in [0, 0.1) is 0 Å². The van der Waals surface area contributed by atoms with Crippen molar-refractivity contribution in [3.63, 3.8) is 0 Å². The van der Waals surface area contributed by atoms with Crippen molar-refractivity contribution in [3.05, 3.63) is 35.9 Å². The van der Waals surface area contributed by atoms with E-state index in [0.717, 1.165) is 0 Å². The summed E-state index contributed by atoms with van der Waals surface area (Å²) in [7, 11) is 1.58. The van der Waals surface area contributed by atoms with Gasteiger partial charge in [0.25, 0.3) is 5.91 Å². The van der Waals surface area contributed by atoms with Gasteiger partial charge in [0.05, 0.1) is 5.60 Å². The van der Waals surface area contributed by atoms with Gasteiger partial charge >= 0.3 is 0 Å². The number of aliphatic hydroxyl groups is 1. The summed E-state index contributed by atoms with van der Waals surface area (Å²) in [5.41, 5.74) is 0.145. The Kier molecular flexibility index (Phi) is 4.66. The van der Waals surface area contributed by atoms with Crippen molar-refractivity contribution in [2.24, 2.45) is 0 Å². The molecule has 0 aliphatic rings. The van der Waals surface area contributed by atoms with Crippen LogP contribution in [-0.4, -0.2) is 30.3 Å². The summed E-state index contributed by atoms with van der Waals surface area (Å²) < 4.78 is 5.18. The molecule has 0 aliphatic carbocycles. The molecule has 1 amide bonds. The van der Waals surface area contributed by atoms with Crippen molar-refractivity contribution in [1.29, 1.82) is 0 Å². The molecule has 2 N–H and O–H groups in total. The van der Waals surface area contributed by atoms with Gasteiger partial charge in [0.1, 0.15) is 0 Å². The highest BCUT2D eigenvalue weighted by Gasteiger charge is 2.21. The molecular weight excluding hydrogens is 218 g/mol. The highest BCUT2D eigenvalue weighted by molar-refractivity contribution is 5.81. The molecule has 0 fully saturated rings. The van der Waals surface area contributed by atoms with Crippen LogP contribution in [0.1, 0.15) is 25.5 Å². The molecule has 94 valence electrons. The number of rotatable bonds is 5. The van der Waals surface area contributed by atoms with Crippen molar-refractivity contribution in [2.75, 3.05) is 13.7 Å². The molecule has 1 atom stereocenters. The third-order valence-corrected chi connectivity index (χ3v) is 2.60. The van der Waals surface area contributed by atoms with E-state index in [1.54, 1.807) is 31.4 Å². The topological polar surface area (TPSA) is 58.6 Å². The van der Waals surface area contributed by atoms with Gasteiger partial charge in [-0.1, -0.05) is 30.3 Å². The van der Waals surface area contributed by atoms with Gasteiger partial charge in [0.15, 0.2) is 6.10 Å². The minimum absolute atomic E-state index is 0.353. The summed E-state index contributed by atoms with van der Waals surface area (Å²) in [5.74, 6) is -0.415. The minimum atomic E-state index is -1.14. The number of benzene rings is 1. The lowest BCUT2D eigenvalue weighted by Gasteiger charge is -2.24. The van der Waals surface area contributed by atoms with E-state index in [9.17, 15) is 9.90 Å². The van der Waals surface area contributed by atoms with Gasteiger partial charge in [-0.05, 0) is 19.4 Å². The second-order valence-electron chi connectivity index (χ2n) is 4.49. The molecule has 0 saturated carbocycles. The van der Waals surface area contributed by atoms with E-state index in [0.29, 0.717) is 12.1 Å². The van der Waals surface area contributed by atoms with Crippen molar-refractivity contribution < 1.29 is 14.6 Å². The van der Waals surface area contributed by atoms with Gasteiger partial charge in [-0.3, -0.25) is 4.79 Å². The highest BCUT2D eigenvalue weighted by atomic mass is 16.5. The lowest BCUT2D eigenvalue weighted by Crippen LogP contribution is -2.41. The Morgan fingerprint density at radius 2 is 2.00 bits per heavy atom. The zero-order valence-corrected chi connectivity index (χ0v) is 10.4. The largest absolute Gasteiger partial charge is 0.378 e. The van der Waals surface area contributed by atoms with E-state index in [2.05, 4.69) is 5.32 Å². The number of hydrogen-bond acceptors (Lipinski definition) is 3. The van der Waals surface area contributed by atoms with E-state index >= 15 is 0 Å². The number of methoxy groups -OCH3 is 1. The van der Waals surface area contributed by atoms with Crippen molar-refractivity contribution >= 4 is 5.91 Å². The van der Waals surface area contributed by atoms with Gasteiger partial charge in [0.2, 0.25) is 0 Å². The quantitative estimate of drug-likeness (QED) is 0.810. The Balaban J connectivity index is 2.54. The summed E-state index contributed by atoms with van der Waals surface area (Å²) in [5, 5.41) is 12.5. The number of carbonyl (C=O) groups is 1. The molecule has 0 aliphatic heterocycles. The van der Waals surface area contributed by atoms with Crippen LogP contribution in [-0.2, 0) is 9.53 Å². The van der Waals surface area contributed by atoms with Gasteiger partial charge in [-0.25, -0.2) is 0 Å². The first-order chi connectivity index (χ1) is 7.96. The SMILES string of the molecule is COC(C)(C)CNC(=O)C(O)c1ccccc1. The second kappa shape index (κ2) is 5.80. The van der Waals surface area contributed by atoms with Crippen molar-refractivity contribution in [1.82, 2.24) is 5.32 Å². The van der Waals surface area contributed by atoms with Crippen LogP contribution in [0.15, 0.2) is 30.3 Å². The summed E-state index contributed by atoms with van der Waals surface area (Å²) in [6.07, 6.45) is -1.14. The monoisotopic (exact) mass is 237 g/mol. The van der Waals surface area contributed by atoms with Crippen LogP contribution in [0.4, 0.5) is 0 Å². The first-order valence-corrected chi connectivity index (χ1v) is 5.52. The molecule has 1 aromatic carbocycles. The molecule has 17 heavy (non-hydrogen) atoms. The summed E-state index contributed by atoms with van der Waals surface area (Å²) in [4.78, 5) is 11.7. The van der Waals surface area contributed by atoms with Gasteiger partial charge in [0, 0.05) is 13.7 Å². The van der Waals surface area contributed by atoms with Crippen molar-refractivity contribution in [2.45, 2.75) is 25.6 Å². The third-order valence-electron chi connectivity index (χ3n) is 2.60. The van der Waals surface area contributed by atoms with Gasteiger partial charge in [-0.15, -0.1) is 0 Å². The lowest BCUT2D eigenvalue weighted by atomic mass is 10.1. The fourth-order valence-corrected chi connectivity index (χ4v) is 1.26. The Hall–Kier alpha value is -1.39. The van der Waals surface area contributed by atoms with Crippen LogP contribution in [0.25, 0.3) is 0 Å². The molecule has 0 bridgehead atoms. The average Bonchev–Trinajstić information content (AvgIpc) is 2.36. The van der Waals surface area contributed by atoms with Crippen molar-refractivity contribution in [3.8, 4) is 0 Å².